The summed E-state index contributed by atoms with van der Waals surface area (Å²) in [4.78, 5) is 18.1. The molecule has 1 aliphatic rings. The van der Waals surface area contributed by atoms with Crippen molar-refractivity contribution in [3.05, 3.63) is 42.3 Å². The number of hydrogen-bond donors (Lipinski definition) is 0. The molecule has 0 atom stereocenters. The predicted molar refractivity (Wildman–Crippen MR) is 114 cm³/mol. The Morgan fingerprint density at radius 2 is 1.91 bits per heavy atom. The average molecular weight is 439 g/mol. The Hall–Kier alpha value is -3.36. The molecular formula is C23H23F2N5O2. The van der Waals surface area contributed by atoms with Crippen molar-refractivity contribution in [3.8, 4) is 22.3 Å². The summed E-state index contributed by atoms with van der Waals surface area (Å²) in [6, 6.07) is 1.89. The van der Waals surface area contributed by atoms with E-state index >= 15 is 0 Å². The maximum Gasteiger partial charge on any atom is 0.248 e. The summed E-state index contributed by atoms with van der Waals surface area (Å²) in [5.74, 6) is -2.66. The molecule has 1 saturated carbocycles. The summed E-state index contributed by atoms with van der Waals surface area (Å²) < 4.78 is 35.9. The van der Waals surface area contributed by atoms with Gasteiger partial charge in [0.25, 0.3) is 0 Å². The van der Waals surface area contributed by atoms with Crippen LogP contribution in [0.2, 0.25) is 0 Å². The fourth-order valence-corrected chi connectivity index (χ4v) is 4.57. The van der Waals surface area contributed by atoms with Crippen LogP contribution in [0.15, 0.2) is 35.4 Å². The van der Waals surface area contributed by atoms with E-state index in [-0.39, 0.29) is 31.6 Å². The number of carbonyl (C=O) groups excluding carboxylic acids is 1. The van der Waals surface area contributed by atoms with Gasteiger partial charge in [0.1, 0.15) is 5.76 Å². The first kappa shape index (κ1) is 20.5. The van der Waals surface area contributed by atoms with Crippen molar-refractivity contribution < 1.29 is 18.1 Å². The standard InChI is InChI=1S/C23H23F2N5O2/c1-13-20(14(2)32-28-13)16-8-19-21(26-9-16)18(17-10-27-29(3)11-17)12-30(19)22(31)15-4-6-23(24,25)7-5-15/h8-12,15H,4-7H2,1-3H3. The topological polar surface area (TPSA) is 78.7 Å². The molecule has 0 bridgehead atoms. The number of hydrogen-bond acceptors (Lipinski definition) is 5. The molecule has 0 aliphatic heterocycles. The number of carbonyl (C=O) groups is 1. The van der Waals surface area contributed by atoms with Gasteiger partial charge < -0.3 is 4.52 Å². The Morgan fingerprint density at radius 1 is 1.16 bits per heavy atom. The molecule has 4 aromatic rings. The molecule has 0 saturated heterocycles. The fraction of sp³-hybridized carbons (Fsp3) is 0.391. The van der Waals surface area contributed by atoms with Crippen LogP contribution in [0, 0.1) is 19.8 Å². The molecule has 1 fully saturated rings. The molecule has 9 heteroatoms. The van der Waals surface area contributed by atoms with Crippen LogP contribution in [0.5, 0.6) is 0 Å². The molecule has 7 nitrogen and oxygen atoms in total. The van der Waals surface area contributed by atoms with Crippen LogP contribution in [0.3, 0.4) is 0 Å². The van der Waals surface area contributed by atoms with E-state index in [9.17, 15) is 13.6 Å². The maximum atomic E-state index is 13.7. The largest absolute Gasteiger partial charge is 0.361 e. The average Bonchev–Trinajstić information content (AvgIpc) is 3.44. The predicted octanol–water partition coefficient (Wildman–Crippen LogP) is 5.17. The van der Waals surface area contributed by atoms with Gasteiger partial charge in [0, 0.05) is 66.7 Å². The third-order valence-electron chi connectivity index (χ3n) is 6.28. The number of nitrogens with zero attached hydrogens (tertiary/aromatic N) is 5. The number of alkyl halides is 2. The van der Waals surface area contributed by atoms with Gasteiger partial charge in [-0.3, -0.25) is 19.0 Å². The summed E-state index contributed by atoms with van der Waals surface area (Å²) in [6.07, 6.45) is 6.88. The Balaban J connectivity index is 1.65. The highest BCUT2D eigenvalue weighted by atomic mass is 19.3. The van der Waals surface area contributed by atoms with E-state index < -0.39 is 11.8 Å². The van der Waals surface area contributed by atoms with Gasteiger partial charge in [-0.1, -0.05) is 5.16 Å². The third kappa shape index (κ3) is 3.41. The Labute approximate surface area is 183 Å². The van der Waals surface area contributed by atoms with Crippen molar-refractivity contribution in [1.82, 2.24) is 24.5 Å². The SMILES string of the molecule is Cc1noc(C)c1-c1cnc2c(-c3cnn(C)c3)cn(C(=O)C3CCC(F)(F)CC3)c2c1. The maximum absolute atomic E-state index is 13.7. The minimum atomic E-state index is -2.69. The van der Waals surface area contributed by atoms with Crippen LogP contribution in [0.1, 0.15) is 41.9 Å². The van der Waals surface area contributed by atoms with Crippen LogP contribution in [-0.2, 0) is 7.05 Å². The Bertz CT molecular complexity index is 1300. The quantitative estimate of drug-likeness (QED) is 0.440. The van der Waals surface area contributed by atoms with Gasteiger partial charge in [-0.15, -0.1) is 0 Å². The lowest BCUT2D eigenvalue weighted by Gasteiger charge is -2.27. The molecule has 0 unspecified atom stereocenters. The van der Waals surface area contributed by atoms with E-state index in [1.807, 2.05) is 33.2 Å². The lowest BCUT2D eigenvalue weighted by atomic mass is 9.86. The van der Waals surface area contributed by atoms with E-state index in [1.54, 1.807) is 27.8 Å². The first-order chi connectivity index (χ1) is 15.2. The van der Waals surface area contributed by atoms with E-state index in [1.165, 1.54) is 0 Å². The van der Waals surface area contributed by atoms with Gasteiger partial charge in [0.05, 0.1) is 22.9 Å². The summed E-state index contributed by atoms with van der Waals surface area (Å²) in [7, 11) is 1.82. The molecule has 0 spiro atoms. The number of aromatic nitrogens is 5. The van der Waals surface area contributed by atoms with Crippen molar-refractivity contribution in [2.75, 3.05) is 0 Å². The Morgan fingerprint density at radius 3 is 2.53 bits per heavy atom. The second-order valence-corrected chi connectivity index (χ2v) is 8.57. The molecule has 0 amide bonds. The van der Waals surface area contributed by atoms with Gasteiger partial charge in [0.15, 0.2) is 0 Å². The van der Waals surface area contributed by atoms with Gasteiger partial charge in [-0.2, -0.15) is 5.10 Å². The number of pyridine rings is 1. The normalized spacial score (nSPS) is 16.7. The van der Waals surface area contributed by atoms with Gasteiger partial charge in [-0.05, 0) is 32.8 Å². The van der Waals surface area contributed by atoms with Crippen LogP contribution in [0.4, 0.5) is 8.78 Å². The van der Waals surface area contributed by atoms with Crippen LogP contribution in [-0.4, -0.2) is 36.3 Å². The van der Waals surface area contributed by atoms with Crippen LogP contribution >= 0.6 is 0 Å². The van der Waals surface area contributed by atoms with Crippen LogP contribution < -0.4 is 0 Å². The lowest BCUT2D eigenvalue weighted by Crippen LogP contribution is -2.31. The molecule has 4 aromatic heterocycles. The van der Waals surface area contributed by atoms with Crippen molar-refractivity contribution in [2.45, 2.75) is 45.5 Å². The first-order valence-electron chi connectivity index (χ1n) is 10.6. The molecular weight excluding hydrogens is 416 g/mol. The number of halogens is 2. The zero-order chi connectivity index (χ0) is 22.6. The second kappa shape index (κ2) is 7.36. The van der Waals surface area contributed by atoms with Crippen molar-refractivity contribution >= 4 is 16.9 Å². The molecule has 1 aliphatic carbocycles. The molecule has 0 N–H and O–H groups in total. The fourth-order valence-electron chi connectivity index (χ4n) is 4.57. The molecule has 4 heterocycles. The molecule has 5 rings (SSSR count). The number of aryl methyl sites for hydroxylation is 3. The highest BCUT2D eigenvalue weighted by molar-refractivity contribution is 6.01. The number of rotatable bonds is 3. The summed E-state index contributed by atoms with van der Waals surface area (Å²) >= 11 is 0. The zero-order valence-corrected chi connectivity index (χ0v) is 18.1. The number of fused-ring (bicyclic) bond motifs is 1. The molecule has 0 aromatic carbocycles. The van der Waals surface area contributed by atoms with E-state index in [0.717, 1.165) is 27.9 Å². The second-order valence-electron chi connectivity index (χ2n) is 8.57. The molecule has 166 valence electrons. The molecule has 32 heavy (non-hydrogen) atoms. The van der Waals surface area contributed by atoms with Crippen molar-refractivity contribution in [2.24, 2.45) is 13.0 Å². The minimum absolute atomic E-state index is 0.171. The van der Waals surface area contributed by atoms with Gasteiger partial charge in [-0.25, -0.2) is 8.78 Å². The van der Waals surface area contributed by atoms with Gasteiger partial charge in [0.2, 0.25) is 11.8 Å². The van der Waals surface area contributed by atoms with E-state index in [4.69, 9.17) is 4.52 Å². The van der Waals surface area contributed by atoms with Crippen molar-refractivity contribution in [1.29, 1.82) is 0 Å². The highest BCUT2D eigenvalue weighted by Gasteiger charge is 2.38. The van der Waals surface area contributed by atoms with E-state index in [2.05, 4.69) is 15.2 Å². The highest BCUT2D eigenvalue weighted by Crippen LogP contribution is 2.39. The minimum Gasteiger partial charge on any atom is -0.361 e. The lowest BCUT2D eigenvalue weighted by molar-refractivity contribution is -0.0431. The summed E-state index contributed by atoms with van der Waals surface area (Å²) in [6.45, 7) is 3.68. The third-order valence-corrected chi connectivity index (χ3v) is 6.28. The van der Waals surface area contributed by atoms with Crippen LogP contribution in [0.25, 0.3) is 33.3 Å². The van der Waals surface area contributed by atoms with Crippen molar-refractivity contribution in [3.63, 3.8) is 0 Å². The summed E-state index contributed by atoms with van der Waals surface area (Å²) in [5.41, 5.74) is 5.24. The first-order valence-corrected chi connectivity index (χ1v) is 10.6. The van der Waals surface area contributed by atoms with Gasteiger partial charge >= 0.3 is 0 Å². The van der Waals surface area contributed by atoms with E-state index in [0.29, 0.717) is 16.8 Å². The Kier molecular flexibility index (Phi) is 4.72. The zero-order valence-electron chi connectivity index (χ0n) is 18.1. The smallest absolute Gasteiger partial charge is 0.248 e. The summed E-state index contributed by atoms with van der Waals surface area (Å²) in [5, 5.41) is 8.25. The monoisotopic (exact) mass is 439 g/mol. The molecule has 0 radical (unpaired) electrons.